The van der Waals surface area contributed by atoms with Gasteiger partial charge in [0.25, 0.3) is 11.6 Å². The normalized spacial score (nSPS) is 12.0. The van der Waals surface area contributed by atoms with Crippen molar-refractivity contribution in [2.75, 3.05) is 0 Å². The molecule has 0 bridgehead atoms. The first-order valence-corrected chi connectivity index (χ1v) is 7.62. The number of thiophene rings is 1. The van der Waals surface area contributed by atoms with Crippen molar-refractivity contribution in [3.63, 3.8) is 0 Å². The number of nitrogens with zero attached hydrogens (tertiary/aromatic N) is 3. The van der Waals surface area contributed by atoms with Crippen molar-refractivity contribution >= 4 is 44.5 Å². The van der Waals surface area contributed by atoms with Crippen LogP contribution in [0.5, 0.6) is 0 Å². The molecule has 0 fully saturated rings. The van der Waals surface area contributed by atoms with E-state index in [0.29, 0.717) is 9.68 Å². The minimum atomic E-state index is -0.438. The summed E-state index contributed by atoms with van der Waals surface area (Å²) < 4.78 is 2.49. The zero-order valence-electron chi connectivity index (χ0n) is 10.8. The number of hydrogen-bond donors (Lipinski definition) is 0. The number of carbonyl (C=O) groups excluding carboxylic acids is 1. The van der Waals surface area contributed by atoms with Crippen LogP contribution in [0.2, 0.25) is 0 Å². The molecular formula is C13H9N3O3S2. The number of rotatable bonds is 2. The quantitative estimate of drug-likeness (QED) is 0.538. The monoisotopic (exact) mass is 319 g/mol. The van der Waals surface area contributed by atoms with Crippen LogP contribution in [0.3, 0.4) is 0 Å². The first-order chi connectivity index (χ1) is 10.1. The molecule has 21 heavy (non-hydrogen) atoms. The van der Waals surface area contributed by atoms with Crippen molar-refractivity contribution in [2.45, 2.75) is 0 Å². The van der Waals surface area contributed by atoms with Gasteiger partial charge in [-0.2, -0.15) is 4.99 Å². The Morgan fingerprint density at radius 1 is 1.38 bits per heavy atom. The largest absolute Gasteiger partial charge is 0.319 e. The minimum Gasteiger partial charge on any atom is -0.319 e. The highest BCUT2D eigenvalue weighted by Crippen LogP contribution is 2.22. The topological polar surface area (TPSA) is 77.5 Å². The minimum absolute atomic E-state index is 0.0282. The number of hydrogen-bond acceptors (Lipinski definition) is 5. The van der Waals surface area contributed by atoms with Gasteiger partial charge in [-0.1, -0.05) is 17.4 Å². The van der Waals surface area contributed by atoms with Crippen molar-refractivity contribution in [3.05, 3.63) is 55.5 Å². The third kappa shape index (κ3) is 2.50. The molecule has 0 saturated heterocycles. The summed E-state index contributed by atoms with van der Waals surface area (Å²) in [5.74, 6) is -0.304. The Hall–Kier alpha value is -2.32. The van der Waals surface area contributed by atoms with Crippen LogP contribution in [-0.2, 0) is 7.05 Å². The summed E-state index contributed by atoms with van der Waals surface area (Å²) in [7, 11) is 1.78. The maximum Gasteiger partial charge on any atom is 0.289 e. The Kier molecular flexibility index (Phi) is 3.40. The summed E-state index contributed by atoms with van der Waals surface area (Å²) in [5.41, 5.74) is 0.837. The number of thiazole rings is 1. The molecule has 0 aliphatic heterocycles. The van der Waals surface area contributed by atoms with Gasteiger partial charge in [0, 0.05) is 19.2 Å². The highest BCUT2D eigenvalue weighted by atomic mass is 32.1. The second-order valence-corrected chi connectivity index (χ2v) is 6.20. The third-order valence-corrected chi connectivity index (χ3v) is 4.89. The van der Waals surface area contributed by atoms with Gasteiger partial charge < -0.3 is 4.57 Å². The second kappa shape index (κ2) is 5.23. The first-order valence-electron chi connectivity index (χ1n) is 5.93. The van der Waals surface area contributed by atoms with Crippen molar-refractivity contribution < 1.29 is 9.72 Å². The summed E-state index contributed by atoms with van der Waals surface area (Å²) in [6.45, 7) is 0. The fourth-order valence-corrected chi connectivity index (χ4v) is 3.54. The number of aryl methyl sites for hydroxylation is 1. The van der Waals surface area contributed by atoms with Crippen LogP contribution in [-0.4, -0.2) is 15.4 Å². The summed E-state index contributed by atoms with van der Waals surface area (Å²) in [4.78, 5) is 27.5. The number of nitro benzene ring substituents is 1. The molecule has 2 heterocycles. The van der Waals surface area contributed by atoms with Gasteiger partial charge in [-0.25, -0.2) is 0 Å². The summed E-state index contributed by atoms with van der Waals surface area (Å²) in [5, 5.41) is 12.6. The maximum atomic E-state index is 12.0. The molecule has 1 aromatic carbocycles. The molecule has 0 N–H and O–H groups in total. The van der Waals surface area contributed by atoms with E-state index in [0.717, 1.165) is 10.2 Å². The van der Waals surface area contributed by atoms with Crippen molar-refractivity contribution in [1.29, 1.82) is 0 Å². The van der Waals surface area contributed by atoms with Gasteiger partial charge in [-0.15, -0.1) is 11.3 Å². The van der Waals surface area contributed by atoms with Crippen LogP contribution in [0.25, 0.3) is 10.2 Å². The van der Waals surface area contributed by atoms with E-state index in [9.17, 15) is 14.9 Å². The molecule has 0 spiro atoms. The van der Waals surface area contributed by atoms with E-state index in [2.05, 4.69) is 4.99 Å². The lowest BCUT2D eigenvalue weighted by molar-refractivity contribution is -0.384. The SMILES string of the molecule is Cn1c(=NC(=O)c2cccs2)sc2cc([N+](=O)[O-])ccc21. The van der Waals surface area contributed by atoms with E-state index < -0.39 is 4.92 Å². The van der Waals surface area contributed by atoms with E-state index in [1.165, 1.54) is 34.8 Å². The fourth-order valence-electron chi connectivity index (χ4n) is 1.89. The molecule has 3 rings (SSSR count). The number of aromatic nitrogens is 1. The first kappa shape index (κ1) is 13.7. The molecule has 0 saturated carbocycles. The van der Waals surface area contributed by atoms with Gasteiger partial charge in [-0.3, -0.25) is 14.9 Å². The van der Waals surface area contributed by atoms with Crippen molar-refractivity contribution in [1.82, 2.24) is 4.57 Å². The van der Waals surface area contributed by atoms with Crippen LogP contribution in [0.1, 0.15) is 9.67 Å². The van der Waals surface area contributed by atoms with Crippen LogP contribution >= 0.6 is 22.7 Å². The lowest BCUT2D eigenvalue weighted by atomic mass is 10.3. The van der Waals surface area contributed by atoms with E-state index >= 15 is 0 Å². The van der Waals surface area contributed by atoms with Gasteiger partial charge in [-0.05, 0) is 17.5 Å². The highest BCUT2D eigenvalue weighted by molar-refractivity contribution is 7.16. The lowest BCUT2D eigenvalue weighted by Gasteiger charge is -1.95. The molecule has 106 valence electrons. The van der Waals surface area contributed by atoms with Crippen LogP contribution in [0.4, 0.5) is 5.69 Å². The predicted molar refractivity (Wildman–Crippen MR) is 81.7 cm³/mol. The summed E-state index contributed by atoms with van der Waals surface area (Å²) in [6, 6.07) is 8.11. The van der Waals surface area contributed by atoms with E-state index in [1.807, 2.05) is 5.38 Å². The van der Waals surface area contributed by atoms with Crippen molar-refractivity contribution in [3.8, 4) is 0 Å². The summed E-state index contributed by atoms with van der Waals surface area (Å²) in [6.07, 6.45) is 0. The van der Waals surface area contributed by atoms with Crippen LogP contribution in [0.15, 0.2) is 40.7 Å². The zero-order valence-corrected chi connectivity index (χ0v) is 12.5. The smallest absolute Gasteiger partial charge is 0.289 e. The number of nitro groups is 1. The number of carbonyl (C=O) groups is 1. The molecular weight excluding hydrogens is 310 g/mol. The molecule has 8 heteroatoms. The molecule has 3 aromatic rings. The number of fused-ring (bicyclic) bond motifs is 1. The molecule has 0 aliphatic rings. The molecule has 0 unspecified atom stereocenters. The van der Waals surface area contributed by atoms with Gasteiger partial charge in [0.2, 0.25) is 0 Å². The lowest BCUT2D eigenvalue weighted by Crippen LogP contribution is -2.12. The summed E-state index contributed by atoms with van der Waals surface area (Å²) >= 11 is 2.59. The standard InChI is InChI=1S/C13H9N3O3S2/c1-15-9-5-4-8(16(18)19)7-11(9)21-13(15)14-12(17)10-3-2-6-20-10/h2-7H,1H3. The maximum absolute atomic E-state index is 12.0. The third-order valence-electron chi connectivity index (χ3n) is 2.93. The fraction of sp³-hybridized carbons (Fsp3) is 0.0769. The van der Waals surface area contributed by atoms with E-state index in [1.54, 1.807) is 29.8 Å². The van der Waals surface area contributed by atoms with Crippen LogP contribution < -0.4 is 4.80 Å². The Balaban J connectivity index is 2.13. The van der Waals surface area contributed by atoms with E-state index in [-0.39, 0.29) is 11.6 Å². The van der Waals surface area contributed by atoms with Crippen molar-refractivity contribution in [2.24, 2.45) is 12.0 Å². The van der Waals surface area contributed by atoms with Gasteiger partial charge in [0.1, 0.15) is 0 Å². The van der Waals surface area contributed by atoms with Crippen LogP contribution in [0, 0.1) is 10.1 Å². The second-order valence-electron chi connectivity index (χ2n) is 4.25. The Bertz CT molecular complexity index is 907. The Morgan fingerprint density at radius 2 is 2.19 bits per heavy atom. The number of non-ortho nitro benzene ring substituents is 1. The van der Waals surface area contributed by atoms with Gasteiger partial charge in [0.15, 0.2) is 4.80 Å². The molecule has 0 aliphatic carbocycles. The predicted octanol–water partition coefficient (Wildman–Crippen LogP) is 2.95. The molecule has 2 aromatic heterocycles. The van der Waals surface area contributed by atoms with E-state index in [4.69, 9.17) is 0 Å². The zero-order chi connectivity index (χ0) is 15.0. The molecule has 6 nitrogen and oxygen atoms in total. The number of benzene rings is 1. The van der Waals surface area contributed by atoms with Gasteiger partial charge >= 0.3 is 0 Å². The highest BCUT2D eigenvalue weighted by Gasteiger charge is 2.11. The number of amides is 1. The Labute approximate surface area is 126 Å². The average Bonchev–Trinajstić information content (AvgIpc) is 3.08. The Morgan fingerprint density at radius 3 is 2.86 bits per heavy atom. The molecule has 0 radical (unpaired) electrons. The molecule has 1 amide bonds. The average molecular weight is 319 g/mol. The van der Waals surface area contributed by atoms with Gasteiger partial charge in [0.05, 0.1) is 20.0 Å². The molecule has 0 atom stereocenters.